The number of aromatic carboxylic acids is 1. The van der Waals surface area contributed by atoms with Crippen molar-refractivity contribution in [2.45, 2.75) is 13.3 Å². The van der Waals surface area contributed by atoms with Crippen LogP contribution in [0, 0.1) is 11.3 Å². The topological polar surface area (TPSA) is 81.3 Å². The first-order chi connectivity index (χ1) is 6.61. The normalized spacial score (nSPS) is 9.43. The molecule has 0 unspecified atom stereocenters. The smallest absolute Gasteiger partial charge is 0.339 e. The summed E-state index contributed by atoms with van der Waals surface area (Å²) in [5.41, 5.74) is 0.531. The molecule has 0 aromatic heterocycles. The molecule has 0 atom stereocenters. The van der Waals surface area contributed by atoms with Crippen molar-refractivity contribution >= 4 is 5.97 Å². The molecule has 1 aromatic carbocycles. The molecule has 0 spiro atoms. The standard InChI is InChI=1S/C10H9NO3/c1-2-7-6(5-11)3-4-8(9(7)12)10(13)14/h3-4,12H,2H2,1H3,(H,13,14). The molecule has 14 heavy (non-hydrogen) atoms. The molecule has 1 aromatic rings. The summed E-state index contributed by atoms with van der Waals surface area (Å²) in [4.78, 5) is 10.6. The third-order valence-corrected chi connectivity index (χ3v) is 1.99. The minimum atomic E-state index is -1.19. The molecule has 4 heteroatoms. The molecule has 0 saturated heterocycles. The lowest BCUT2D eigenvalue weighted by molar-refractivity contribution is 0.0693. The van der Waals surface area contributed by atoms with Gasteiger partial charge in [-0.2, -0.15) is 5.26 Å². The molecule has 0 amide bonds. The summed E-state index contributed by atoms with van der Waals surface area (Å²) in [6.07, 6.45) is 0.426. The van der Waals surface area contributed by atoms with Crippen LogP contribution in [0.25, 0.3) is 0 Å². The summed E-state index contributed by atoms with van der Waals surface area (Å²) in [6.45, 7) is 1.75. The zero-order valence-electron chi connectivity index (χ0n) is 7.61. The van der Waals surface area contributed by atoms with Gasteiger partial charge in [-0.25, -0.2) is 4.79 Å². The monoisotopic (exact) mass is 191 g/mol. The second-order valence-corrected chi connectivity index (χ2v) is 2.76. The predicted octanol–water partition coefficient (Wildman–Crippen LogP) is 1.52. The van der Waals surface area contributed by atoms with Crippen LogP contribution in [0.1, 0.15) is 28.4 Å². The fourth-order valence-corrected chi connectivity index (χ4v) is 1.27. The van der Waals surface area contributed by atoms with Crippen molar-refractivity contribution in [1.29, 1.82) is 5.26 Å². The number of carboxylic acids is 1. The van der Waals surface area contributed by atoms with E-state index in [-0.39, 0.29) is 11.3 Å². The van der Waals surface area contributed by atoms with Crippen LogP contribution in [-0.2, 0) is 6.42 Å². The summed E-state index contributed by atoms with van der Waals surface area (Å²) in [5, 5.41) is 26.9. The molecule has 0 radical (unpaired) electrons. The highest BCUT2D eigenvalue weighted by molar-refractivity contribution is 5.91. The van der Waals surface area contributed by atoms with Gasteiger partial charge >= 0.3 is 5.97 Å². The van der Waals surface area contributed by atoms with Crippen LogP contribution in [0.15, 0.2) is 12.1 Å². The van der Waals surface area contributed by atoms with Crippen molar-refractivity contribution in [2.24, 2.45) is 0 Å². The molecule has 1 rings (SSSR count). The highest BCUT2D eigenvalue weighted by Gasteiger charge is 2.15. The van der Waals surface area contributed by atoms with Crippen LogP contribution < -0.4 is 0 Å². The van der Waals surface area contributed by atoms with Crippen LogP contribution in [0.3, 0.4) is 0 Å². The third kappa shape index (κ3) is 1.52. The van der Waals surface area contributed by atoms with Crippen LogP contribution in [0.2, 0.25) is 0 Å². The van der Waals surface area contributed by atoms with Gasteiger partial charge in [0.1, 0.15) is 11.3 Å². The second kappa shape index (κ2) is 3.79. The van der Waals surface area contributed by atoms with E-state index in [1.807, 2.05) is 6.07 Å². The Morgan fingerprint density at radius 3 is 2.64 bits per heavy atom. The lowest BCUT2D eigenvalue weighted by atomic mass is 10.0. The molecular formula is C10H9NO3. The Bertz CT molecular complexity index is 418. The first-order valence-electron chi connectivity index (χ1n) is 4.10. The van der Waals surface area contributed by atoms with E-state index < -0.39 is 5.97 Å². The molecule has 0 heterocycles. The molecule has 2 N–H and O–H groups in total. The van der Waals surface area contributed by atoms with Crippen molar-refractivity contribution in [2.75, 3.05) is 0 Å². The molecule has 72 valence electrons. The Hall–Kier alpha value is -2.02. The van der Waals surface area contributed by atoms with Gasteiger partial charge in [0.2, 0.25) is 0 Å². The number of nitriles is 1. The Morgan fingerprint density at radius 1 is 1.57 bits per heavy atom. The van der Waals surface area contributed by atoms with Crippen molar-refractivity contribution in [3.8, 4) is 11.8 Å². The largest absolute Gasteiger partial charge is 0.507 e. The van der Waals surface area contributed by atoms with E-state index in [4.69, 9.17) is 10.4 Å². The first-order valence-corrected chi connectivity index (χ1v) is 4.10. The van der Waals surface area contributed by atoms with Gasteiger partial charge in [0.25, 0.3) is 0 Å². The maximum atomic E-state index is 10.6. The summed E-state index contributed by atoms with van der Waals surface area (Å²) in [7, 11) is 0. The molecular weight excluding hydrogens is 182 g/mol. The number of aromatic hydroxyl groups is 1. The number of hydrogen-bond donors (Lipinski definition) is 2. The van der Waals surface area contributed by atoms with Gasteiger partial charge in [0.15, 0.2) is 0 Å². The summed E-state index contributed by atoms with van der Waals surface area (Å²) in [6, 6.07) is 4.54. The van der Waals surface area contributed by atoms with Crippen molar-refractivity contribution in [3.63, 3.8) is 0 Å². The van der Waals surface area contributed by atoms with Crippen LogP contribution in [-0.4, -0.2) is 16.2 Å². The zero-order chi connectivity index (χ0) is 10.7. The predicted molar refractivity (Wildman–Crippen MR) is 49.2 cm³/mol. The Kier molecular flexibility index (Phi) is 2.73. The minimum Gasteiger partial charge on any atom is -0.507 e. The number of carbonyl (C=O) groups is 1. The number of nitrogens with zero attached hydrogens (tertiary/aromatic N) is 1. The first kappa shape index (κ1) is 10.1. The maximum Gasteiger partial charge on any atom is 0.339 e. The summed E-state index contributed by atoms with van der Waals surface area (Å²) >= 11 is 0. The van der Waals surface area contributed by atoms with E-state index in [1.54, 1.807) is 6.92 Å². The Labute approximate surface area is 81.0 Å². The average molecular weight is 191 g/mol. The third-order valence-electron chi connectivity index (χ3n) is 1.99. The molecule has 0 aliphatic heterocycles. The highest BCUT2D eigenvalue weighted by atomic mass is 16.4. The molecule has 4 nitrogen and oxygen atoms in total. The quantitative estimate of drug-likeness (QED) is 0.742. The van der Waals surface area contributed by atoms with Crippen LogP contribution in [0.4, 0.5) is 0 Å². The Balaban J connectivity index is 3.44. The van der Waals surface area contributed by atoms with E-state index >= 15 is 0 Å². The molecule has 0 bridgehead atoms. The number of phenols is 1. The highest BCUT2D eigenvalue weighted by Crippen LogP contribution is 2.26. The number of benzene rings is 1. The van der Waals surface area contributed by atoms with Gasteiger partial charge in [-0.3, -0.25) is 0 Å². The van der Waals surface area contributed by atoms with E-state index in [1.165, 1.54) is 12.1 Å². The molecule has 0 aliphatic carbocycles. The van der Waals surface area contributed by atoms with Gasteiger partial charge < -0.3 is 10.2 Å². The van der Waals surface area contributed by atoms with Gasteiger partial charge in [-0.05, 0) is 18.6 Å². The fraction of sp³-hybridized carbons (Fsp3) is 0.200. The fourth-order valence-electron chi connectivity index (χ4n) is 1.27. The molecule has 0 aliphatic rings. The van der Waals surface area contributed by atoms with Gasteiger partial charge in [0.05, 0.1) is 11.6 Å². The maximum absolute atomic E-state index is 10.6. The van der Waals surface area contributed by atoms with Crippen molar-refractivity contribution in [1.82, 2.24) is 0 Å². The molecule has 0 saturated carbocycles. The van der Waals surface area contributed by atoms with Crippen molar-refractivity contribution < 1.29 is 15.0 Å². The van der Waals surface area contributed by atoms with Gasteiger partial charge in [0, 0.05) is 5.56 Å². The minimum absolute atomic E-state index is 0.166. The second-order valence-electron chi connectivity index (χ2n) is 2.76. The summed E-state index contributed by atoms with van der Waals surface area (Å²) in [5.74, 6) is -1.50. The van der Waals surface area contributed by atoms with E-state index in [2.05, 4.69) is 0 Å². The number of hydrogen-bond acceptors (Lipinski definition) is 3. The van der Waals surface area contributed by atoms with Gasteiger partial charge in [-0.1, -0.05) is 6.92 Å². The van der Waals surface area contributed by atoms with E-state index in [0.717, 1.165) is 0 Å². The molecule has 0 fully saturated rings. The average Bonchev–Trinajstić information content (AvgIpc) is 2.16. The van der Waals surface area contributed by atoms with Crippen molar-refractivity contribution in [3.05, 3.63) is 28.8 Å². The zero-order valence-corrected chi connectivity index (χ0v) is 7.61. The lowest BCUT2D eigenvalue weighted by Crippen LogP contribution is -2.00. The van der Waals surface area contributed by atoms with E-state index in [9.17, 15) is 9.90 Å². The van der Waals surface area contributed by atoms with Crippen LogP contribution >= 0.6 is 0 Å². The summed E-state index contributed by atoms with van der Waals surface area (Å²) < 4.78 is 0. The lowest BCUT2D eigenvalue weighted by Gasteiger charge is -2.06. The SMILES string of the molecule is CCc1c(C#N)ccc(C(=O)O)c1O. The van der Waals surface area contributed by atoms with E-state index in [0.29, 0.717) is 17.5 Å². The number of carboxylic acid groups (broad SMARTS) is 1. The Morgan fingerprint density at radius 2 is 2.21 bits per heavy atom. The van der Waals surface area contributed by atoms with Gasteiger partial charge in [-0.15, -0.1) is 0 Å². The van der Waals surface area contributed by atoms with Crippen LogP contribution in [0.5, 0.6) is 5.75 Å². The number of rotatable bonds is 2.